The van der Waals surface area contributed by atoms with E-state index in [2.05, 4.69) is 31.8 Å². The van der Waals surface area contributed by atoms with Crippen LogP contribution in [0.1, 0.15) is 26.7 Å². The summed E-state index contributed by atoms with van der Waals surface area (Å²) in [5.41, 5.74) is 0.385. The van der Waals surface area contributed by atoms with Crippen LogP contribution in [-0.4, -0.2) is 57.1 Å². The first-order valence-corrected chi connectivity index (χ1v) is 8.90. The number of nitriles is 1. The normalized spacial score (nSPS) is 16.9. The molecule has 1 aliphatic heterocycles. The van der Waals surface area contributed by atoms with Crippen molar-refractivity contribution in [3.05, 3.63) is 24.5 Å². The van der Waals surface area contributed by atoms with E-state index in [1.165, 1.54) is 0 Å². The highest BCUT2D eigenvalue weighted by Crippen LogP contribution is 2.18. The molecule has 0 aromatic carbocycles. The molecule has 1 aliphatic rings. The second-order valence-electron chi connectivity index (χ2n) is 7.13. The highest BCUT2D eigenvalue weighted by atomic mass is 16.5. The number of carbonyl (C=O) groups excluding carboxylic acids is 1. The number of likely N-dealkylation sites (tertiary alicyclic amines) is 1. The highest BCUT2D eigenvalue weighted by molar-refractivity contribution is 5.79. The largest absolute Gasteiger partial charge is 0.336 e. The lowest BCUT2D eigenvalue weighted by Gasteiger charge is -2.28. The van der Waals surface area contributed by atoms with Gasteiger partial charge in [0.1, 0.15) is 6.04 Å². The molecule has 0 aliphatic carbocycles. The van der Waals surface area contributed by atoms with Gasteiger partial charge in [0.15, 0.2) is 0 Å². The average molecular weight is 369 g/mol. The number of amides is 1. The number of anilines is 1. The summed E-state index contributed by atoms with van der Waals surface area (Å²) in [5.74, 6) is 0.409. The minimum Gasteiger partial charge on any atom is -0.336 e. The molecule has 0 radical (unpaired) electrons. The lowest BCUT2D eigenvalue weighted by Crippen LogP contribution is -2.50. The molecule has 9 heteroatoms. The van der Waals surface area contributed by atoms with Crippen LogP contribution in [0, 0.1) is 11.3 Å². The number of aromatic nitrogens is 3. The standard InChI is InChI=1S/C18H23N7O2/c1-18(2,22-11-15(26)25-8-4-6-14(25)9-19)12-21-17-23-16(24-27-17)13-5-3-7-20-10-13/h3,5,7,10,14,22H,4,6,8,11-12H2,1-2H3,(H,21,23,24)/t14-/m0/s1. The molecule has 2 N–H and O–H groups in total. The van der Waals surface area contributed by atoms with Crippen LogP contribution in [0.25, 0.3) is 11.4 Å². The van der Waals surface area contributed by atoms with Crippen LogP contribution in [0.4, 0.5) is 6.01 Å². The van der Waals surface area contributed by atoms with E-state index >= 15 is 0 Å². The van der Waals surface area contributed by atoms with Gasteiger partial charge in [-0.05, 0) is 38.8 Å². The van der Waals surface area contributed by atoms with Crippen LogP contribution in [0.15, 0.2) is 29.0 Å². The van der Waals surface area contributed by atoms with Crippen LogP contribution in [0.5, 0.6) is 0 Å². The zero-order valence-corrected chi connectivity index (χ0v) is 15.5. The molecular weight excluding hydrogens is 346 g/mol. The Labute approximate surface area is 157 Å². The Bertz CT molecular complexity index is 813. The van der Waals surface area contributed by atoms with Gasteiger partial charge in [0.25, 0.3) is 0 Å². The summed E-state index contributed by atoms with van der Waals surface area (Å²) in [5, 5.41) is 19.4. The average Bonchev–Trinajstić information content (AvgIpc) is 3.34. The summed E-state index contributed by atoms with van der Waals surface area (Å²) in [7, 11) is 0. The molecule has 1 amide bonds. The topological polar surface area (TPSA) is 120 Å². The predicted molar refractivity (Wildman–Crippen MR) is 98.4 cm³/mol. The van der Waals surface area contributed by atoms with E-state index < -0.39 is 0 Å². The molecule has 0 unspecified atom stereocenters. The van der Waals surface area contributed by atoms with Crippen molar-refractivity contribution in [3.8, 4) is 17.5 Å². The monoisotopic (exact) mass is 369 g/mol. The molecule has 142 valence electrons. The summed E-state index contributed by atoms with van der Waals surface area (Å²) >= 11 is 0. The zero-order chi connectivity index (χ0) is 19.3. The number of hydrogen-bond donors (Lipinski definition) is 2. The lowest BCUT2D eigenvalue weighted by atomic mass is 10.1. The first-order chi connectivity index (χ1) is 13.0. The number of rotatable bonds is 7. The van der Waals surface area contributed by atoms with Crippen molar-refractivity contribution in [2.75, 3.05) is 25.0 Å². The summed E-state index contributed by atoms with van der Waals surface area (Å²) in [6.07, 6.45) is 4.98. The van der Waals surface area contributed by atoms with Gasteiger partial charge < -0.3 is 20.1 Å². The lowest BCUT2D eigenvalue weighted by molar-refractivity contribution is -0.130. The Morgan fingerprint density at radius 3 is 3.11 bits per heavy atom. The van der Waals surface area contributed by atoms with E-state index in [4.69, 9.17) is 9.78 Å². The van der Waals surface area contributed by atoms with Gasteiger partial charge >= 0.3 is 6.01 Å². The van der Waals surface area contributed by atoms with E-state index in [1.54, 1.807) is 23.4 Å². The van der Waals surface area contributed by atoms with Crippen molar-refractivity contribution in [2.24, 2.45) is 0 Å². The van der Waals surface area contributed by atoms with E-state index in [1.807, 2.05) is 19.9 Å². The summed E-state index contributed by atoms with van der Waals surface area (Å²) in [6.45, 7) is 5.25. The van der Waals surface area contributed by atoms with Gasteiger partial charge in [-0.2, -0.15) is 10.2 Å². The van der Waals surface area contributed by atoms with E-state index in [9.17, 15) is 4.79 Å². The third kappa shape index (κ3) is 4.80. The third-order valence-electron chi connectivity index (χ3n) is 4.47. The van der Waals surface area contributed by atoms with Crippen LogP contribution < -0.4 is 10.6 Å². The first kappa shape index (κ1) is 18.8. The van der Waals surface area contributed by atoms with Crippen LogP contribution in [0.2, 0.25) is 0 Å². The van der Waals surface area contributed by atoms with Crippen molar-refractivity contribution < 1.29 is 9.32 Å². The molecule has 1 saturated heterocycles. The molecular formula is C18H23N7O2. The molecule has 3 rings (SSSR count). The van der Waals surface area contributed by atoms with Gasteiger partial charge in [0, 0.05) is 36.6 Å². The number of nitrogens with one attached hydrogen (secondary N) is 2. The molecule has 0 spiro atoms. The van der Waals surface area contributed by atoms with E-state index in [0.29, 0.717) is 24.9 Å². The van der Waals surface area contributed by atoms with Crippen molar-refractivity contribution >= 4 is 11.9 Å². The van der Waals surface area contributed by atoms with E-state index in [-0.39, 0.29) is 24.0 Å². The second kappa shape index (κ2) is 8.14. The van der Waals surface area contributed by atoms with E-state index in [0.717, 1.165) is 18.4 Å². The molecule has 1 fully saturated rings. The number of nitrogens with zero attached hydrogens (tertiary/aromatic N) is 5. The minimum atomic E-state index is -0.388. The Balaban J connectivity index is 1.49. The maximum Gasteiger partial charge on any atom is 0.321 e. The molecule has 2 aromatic rings. The fourth-order valence-corrected chi connectivity index (χ4v) is 2.88. The number of hydrogen-bond acceptors (Lipinski definition) is 8. The Morgan fingerprint density at radius 2 is 2.37 bits per heavy atom. The second-order valence-corrected chi connectivity index (χ2v) is 7.13. The van der Waals surface area contributed by atoms with Crippen molar-refractivity contribution in [1.29, 1.82) is 5.26 Å². The highest BCUT2D eigenvalue weighted by Gasteiger charge is 2.29. The van der Waals surface area contributed by atoms with Gasteiger partial charge in [-0.3, -0.25) is 9.78 Å². The summed E-state index contributed by atoms with van der Waals surface area (Å²) in [4.78, 5) is 22.3. The smallest absolute Gasteiger partial charge is 0.321 e. The number of carbonyl (C=O) groups is 1. The molecule has 0 saturated carbocycles. The van der Waals surface area contributed by atoms with Crippen LogP contribution in [0.3, 0.4) is 0 Å². The molecule has 2 aromatic heterocycles. The van der Waals surface area contributed by atoms with Crippen LogP contribution in [-0.2, 0) is 4.79 Å². The third-order valence-corrected chi connectivity index (χ3v) is 4.47. The van der Waals surface area contributed by atoms with Crippen molar-refractivity contribution in [2.45, 2.75) is 38.3 Å². The molecule has 1 atom stereocenters. The zero-order valence-electron chi connectivity index (χ0n) is 15.5. The Morgan fingerprint density at radius 1 is 1.52 bits per heavy atom. The van der Waals surface area contributed by atoms with Crippen molar-refractivity contribution in [3.63, 3.8) is 0 Å². The van der Waals surface area contributed by atoms with Gasteiger partial charge in [-0.15, -0.1) is 0 Å². The maximum atomic E-state index is 12.3. The van der Waals surface area contributed by atoms with Gasteiger partial charge in [-0.25, -0.2) is 0 Å². The van der Waals surface area contributed by atoms with Crippen molar-refractivity contribution in [1.82, 2.24) is 25.3 Å². The molecule has 9 nitrogen and oxygen atoms in total. The molecule has 27 heavy (non-hydrogen) atoms. The minimum absolute atomic E-state index is 0.0521. The quantitative estimate of drug-likeness (QED) is 0.752. The fourth-order valence-electron chi connectivity index (χ4n) is 2.88. The number of pyridine rings is 1. The summed E-state index contributed by atoms with van der Waals surface area (Å²) in [6, 6.07) is 5.85. The predicted octanol–water partition coefficient (Wildman–Crippen LogP) is 1.43. The van der Waals surface area contributed by atoms with Crippen LogP contribution >= 0.6 is 0 Å². The maximum absolute atomic E-state index is 12.3. The van der Waals surface area contributed by atoms with Gasteiger partial charge in [0.2, 0.25) is 11.7 Å². The Kier molecular flexibility index (Phi) is 5.66. The molecule has 0 bridgehead atoms. The first-order valence-electron chi connectivity index (χ1n) is 8.90. The SMILES string of the molecule is CC(C)(CNc1nc(-c2cccnc2)no1)NCC(=O)N1CCC[C@H]1C#N. The Hall–Kier alpha value is -2.99. The fraction of sp³-hybridized carbons (Fsp3) is 0.500. The summed E-state index contributed by atoms with van der Waals surface area (Å²) < 4.78 is 5.21. The van der Waals surface area contributed by atoms with Gasteiger partial charge in [-0.1, -0.05) is 5.16 Å². The molecule has 3 heterocycles. The van der Waals surface area contributed by atoms with Gasteiger partial charge in [0.05, 0.1) is 12.6 Å².